The second-order valence-corrected chi connectivity index (χ2v) is 12.4. The van der Waals surface area contributed by atoms with Crippen LogP contribution in [0.5, 0.6) is 0 Å². The molecule has 0 spiro atoms. The van der Waals surface area contributed by atoms with E-state index in [4.69, 9.17) is 4.74 Å². The van der Waals surface area contributed by atoms with Gasteiger partial charge in [0.2, 0.25) is 27.7 Å². The molecule has 1 aliphatic carbocycles. The molecule has 1 unspecified atom stereocenters. The Bertz CT molecular complexity index is 1010. The van der Waals surface area contributed by atoms with Gasteiger partial charge in [-0.25, -0.2) is 8.42 Å². The van der Waals surface area contributed by atoms with E-state index in [1.54, 1.807) is 6.92 Å². The van der Waals surface area contributed by atoms with Crippen molar-refractivity contribution in [2.75, 3.05) is 19.8 Å². The summed E-state index contributed by atoms with van der Waals surface area (Å²) in [5.41, 5.74) is 0. The summed E-state index contributed by atoms with van der Waals surface area (Å²) in [5.74, 6) is -2.61. The Morgan fingerprint density at radius 1 is 1.05 bits per heavy atom. The van der Waals surface area contributed by atoms with Crippen LogP contribution in [0.3, 0.4) is 0 Å². The zero-order valence-corrected chi connectivity index (χ0v) is 23.4. The van der Waals surface area contributed by atoms with E-state index in [9.17, 15) is 27.6 Å². The average Bonchev–Trinajstić information content (AvgIpc) is 3.39. The number of amides is 4. The molecule has 12 heteroatoms. The molecule has 38 heavy (non-hydrogen) atoms. The van der Waals surface area contributed by atoms with E-state index in [-0.39, 0.29) is 17.7 Å². The summed E-state index contributed by atoms with van der Waals surface area (Å²) < 4.78 is 32.3. The minimum absolute atomic E-state index is 0.248. The first-order valence-electron chi connectivity index (χ1n) is 13.8. The third kappa shape index (κ3) is 7.78. The fraction of sp³-hybridized carbons (Fsp3) is 0.769. The Labute approximate surface area is 225 Å². The lowest BCUT2D eigenvalue weighted by Crippen LogP contribution is -2.58. The van der Waals surface area contributed by atoms with Crippen LogP contribution in [0.1, 0.15) is 72.1 Å². The van der Waals surface area contributed by atoms with Gasteiger partial charge in [-0.15, -0.1) is 0 Å². The van der Waals surface area contributed by atoms with Crippen LogP contribution < -0.4 is 15.4 Å². The standard InChI is InChI=1S/C26H42N4O7S/c1-4-6-7-9-18(5-2)22(25(33)29-38(35,36)20-11-12-20)28-24(32)21-10-8-14-30(21)26(34)17(3)27-23(31)19-13-15-37-16-19/h7,9,17-22H,4-6,8,10-16H2,1-3H3,(H,27,31)(H,28,32)(H,29,33)/b9-7-/t17-,18-,19?,21-,22+/m0/s1. The Kier molecular flexibility index (Phi) is 10.7. The molecule has 2 heterocycles. The average molecular weight is 555 g/mol. The maximum Gasteiger partial charge on any atom is 0.256 e. The lowest BCUT2D eigenvalue weighted by Gasteiger charge is -2.30. The fourth-order valence-corrected chi connectivity index (χ4v) is 6.22. The predicted octanol–water partition coefficient (Wildman–Crippen LogP) is 0.994. The molecule has 0 aromatic heterocycles. The van der Waals surface area contributed by atoms with Crippen molar-refractivity contribution in [3.8, 4) is 0 Å². The molecule has 0 radical (unpaired) electrons. The highest BCUT2D eigenvalue weighted by molar-refractivity contribution is 7.90. The Morgan fingerprint density at radius 3 is 2.39 bits per heavy atom. The fourth-order valence-electron chi connectivity index (χ4n) is 4.89. The van der Waals surface area contributed by atoms with E-state index >= 15 is 0 Å². The maximum absolute atomic E-state index is 13.4. The third-order valence-electron chi connectivity index (χ3n) is 7.39. The first-order valence-corrected chi connectivity index (χ1v) is 15.3. The van der Waals surface area contributed by atoms with Crippen LogP contribution in [0.4, 0.5) is 0 Å². The minimum Gasteiger partial charge on any atom is -0.381 e. The minimum atomic E-state index is -3.80. The SMILES string of the molecule is CCC/C=C\[C@H](CC)[C@@H](NC(=O)[C@@H]1CCCN1C(=O)[C@H](C)NC(=O)C1CCOC1)C(=O)NS(=O)(=O)C1CC1. The Balaban J connectivity index is 1.70. The van der Waals surface area contributed by atoms with Crippen molar-refractivity contribution in [1.82, 2.24) is 20.3 Å². The highest BCUT2D eigenvalue weighted by Crippen LogP contribution is 2.28. The van der Waals surface area contributed by atoms with E-state index in [2.05, 4.69) is 15.4 Å². The van der Waals surface area contributed by atoms with Gasteiger partial charge in [-0.1, -0.05) is 32.4 Å². The third-order valence-corrected chi connectivity index (χ3v) is 9.23. The molecule has 4 amide bonds. The number of carbonyl (C=O) groups excluding carboxylic acids is 4. The lowest BCUT2D eigenvalue weighted by molar-refractivity contribution is -0.142. The molecule has 2 aliphatic heterocycles. The van der Waals surface area contributed by atoms with Crippen LogP contribution in [-0.2, 0) is 33.9 Å². The molecular formula is C26H42N4O7S. The molecule has 214 valence electrons. The zero-order chi connectivity index (χ0) is 27.9. The second kappa shape index (κ2) is 13.5. The summed E-state index contributed by atoms with van der Waals surface area (Å²) in [7, 11) is -3.80. The molecule has 11 nitrogen and oxygen atoms in total. The highest BCUT2D eigenvalue weighted by Gasteiger charge is 2.42. The van der Waals surface area contributed by atoms with Crippen molar-refractivity contribution >= 4 is 33.7 Å². The van der Waals surface area contributed by atoms with E-state index in [1.165, 1.54) is 4.90 Å². The van der Waals surface area contributed by atoms with E-state index in [0.717, 1.165) is 12.8 Å². The van der Waals surface area contributed by atoms with Crippen molar-refractivity contribution in [3.05, 3.63) is 12.2 Å². The Morgan fingerprint density at radius 2 is 1.79 bits per heavy atom. The van der Waals surface area contributed by atoms with Crippen LogP contribution in [0.15, 0.2) is 12.2 Å². The number of carbonyl (C=O) groups is 4. The largest absolute Gasteiger partial charge is 0.381 e. The van der Waals surface area contributed by atoms with Gasteiger partial charge in [0.05, 0.1) is 17.8 Å². The van der Waals surface area contributed by atoms with Crippen LogP contribution in [0.2, 0.25) is 0 Å². The first-order chi connectivity index (χ1) is 18.1. The summed E-state index contributed by atoms with van der Waals surface area (Å²) in [4.78, 5) is 53.7. The van der Waals surface area contributed by atoms with Crippen molar-refractivity contribution in [3.63, 3.8) is 0 Å². The molecular weight excluding hydrogens is 512 g/mol. The van der Waals surface area contributed by atoms with Gasteiger partial charge in [0.1, 0.15) is 18.1 Å². The molecule has 3 fully saturated rings. The van der Waals surface area contributed by atoms with Gasteiger partial charge in [0.15, 0.2) is 0 Å². The van der Waals surface area contributed by atoms with E-state index in [0.29, 0.717) is 58.3 Å². The number of nitrogens with one attached hydrogen (secondary N) is 3. The monoisotopic (exact) mass is 554 g/mol. The van der Waals surface area contributed by atoms with Crippen molar-refractivity contribution in [2.45, 2.75) is 95.5 Å². The molecule has 0 aromatic carbocycles. The smallest absolute Gasteiger partial charge is 0.256 e. The molecule has 1 saturated carbocycles. The van der Waals surface area contributed by atoms with Gasteiger partial charge < -0.3 is 20.3 Å². The van der Waals surface area contributed by atoms with Crippen LogP contribution in [0, 0.1) is 11.8 Å². The molecule has 3 aliphatic rings. The first kappa shape index (κ1) is 30.1. The molecule has 0 bridgehead atoms. The van der Waals surface area contributed by atoms with Crippen LogP contribution >= 0.6 is 0 Å². The number of allylic oxidation sites excluding steroid dienone is 1. The summed E-state index contributed by atoms with van der Waals surface area (Å²) in [6.07, 6.45) is 8.61. The number of rotatable bonds is 13. The summed E-state index contributed by atoms with van der Waals surface area (Å²) in [5, 5.41) is 4.92. The quantitative estimate of drug-likeness (QED) is 0.287. The number of hydrogen-bond acceptors (Lipinski definition) is 7. The Hall–Kier alpha value is -2.47. The molecule has 3 rings (SSSR count). The maximum atomic E-state index is 13.4. The van der Waals surface area contributed by atoms with Crippen LogP contribution in [-0.4, -0.2) is 80.1 Å². The number of ether oxygens (including phenoxy) is 1. The van der Waals surface area contributed by atoms with Crippen molar-refractivity contribution < 1.29 is 32.3 Å². The highest BCUT2D eigenvalue weighted by atomic mass is 32.2. The van der Waals surface area contributed by atoms with E-state index < -0.39 is 51.1 Å². The summed E-state index contributed by atoms with van der Waals surface area (Å²) >= 11 is 0. The molecule has 2 saturated heterocycles. The molecule has 0 aromatic rings. The number of hydrogen-bond donors (Lipinski definition) is 3. The summed E-state index contributed by atoms with van der Waals surface area (Å²) in [6.45, 7) is 6.67. The van der Waals surface area contributed by atoms with Gasteiger partial charge in [0.25, 0.3) is 5.91 Å². The molecule has 5 atom stereocenters. The van der Waals surface area contributed by atoms with Crippen LogP contribution in [0.25, 0.3) is 0 Å². The lowest BCUT2D eigenvalue weighted by atomic mass is 9.94. The summed E-state index contributed by atoms with van der Waals surface area (Å²) in [6, 6.07) is -2.74. The van der Waals surface area contributed by atoms with E-state index in [1.807, 2.05) is 26.0 Å². The topological polar surface area (TPSA) is 151 Å². The van der Waals surface area contributed by atoms with Crippen molar-refractivity contribution in [2.24, 2.45) is 11.8 Å². The second-order valence-electron chi connectivity index (χ2n) is 10.5. The van der Waals surface area contributed by atoms with Gasteiger partial charge >= 0.3 is 0 Å². The zero-order valence-electron chi connectivity index (χ0n) is 22.6. The van der Waals surface area contributed by atoms with Gasteiger partial charge in [-0.05, 0) is 51.9 Å². The number of sulfonamides is 1. The predicted molar refractivity (Wildman–Crippen MR) is 141 cm³/mol. The molecule has 3 N–H and O–H groups in total. The number of unbranched alkanes of at least 4 members (excludes halogenated alkanes) is 1. The van der Waals surface area contributed by atoms with Gasteiger partial charge in [-0.3, -0.25) is 23.9 Å². The van der Waals surface area contributed by atoms with Gasteiger partial charge in [-0.2, -0.15) is 0 Å². The number of likely N-dealkylation sites (tertiary alicyclic amines) is 1. The number of nitrogens with zero attached hydrogens (tertiary/aromatic N) is 1. The van der Waals surface area contributed by atoms with Gasteiger partial charge in [0, 0.05) is 19.1 Å². The van der Waals surface area contributed by atoms with Crippen molar-refractivity contribution in [1.29, 1.82) is 0 Å². The normalized spacial score (nSPS) is 24.1.